The normalized spacial score (nSPS) is 14.6. The molecule has 3 aromatic rings. The maximum absolute atomic E-state index is 12.9. The standard InChI is InChI=1S/C26H32N4O2/c1-17(2)25-22(16-24(31)27-20-10-6-4-7-11-20)30-18(3)14-19(15-23(30)29-25)26(32)28-21-12-8-5-9-13-21/h5,8-9,12-15,17,20H,4,6-7,10-11,16H2,1-3H3,(H,27,31)(H,28,32). The van der Waals surface area contributed by atoms with Gasteiger partial charge in [-0.3, -0.25) is 9.59 Å². The average molecular weight is 433 g/mol. The smallest absolute Gasteiger partial charge is 0.255 e. The molecule has 0 saturated heterocycles. The molecule has 2 aromatic heterocycles. The second kappa shape index (κ2) is 9.55. The van der Waals surface area contributed by atoms with E-state index < -0.39 is 0 Å². The van der Waals surface area contributed by atoms with Gasteiger partial charge in [-0.05, 0) is 49.9 Å². The van der Waals surface area contributed by atoms with Crippen LogP contribution in [0.1, 0.15) is 79.3 Å². The van der Waals surface area contributed by atoms with Crippen LogP contribution < -0.4 is 10.6 Å². The predicted octanol–water partition coefficient (Wildman–Crippen LogP) is 5.01. The number of hydrogen-bond donors (Lipinski definition) is 2. The second-order valence-electron chi connectivity index (χ2n) is 9.08. The van der Waals surface area contributed by atoms with Crippen LogP contribution >= 0.6 is 0 Å². The van der Waals surface area contributed by atoms with Crippen LogP contribution in [0.2, 0.25) is 0 Å². The topological polar surface area (TPSA) is 75.5 Å². The Labute approximate surface area is 189 Å². The van der Waals surface area contributed by atoms with Crippen LogP contribution in [0.4, 0.5) is 5.69 Å². The number of amides is 2. The zero-order chi connectivity index (χ0) is 22.7. The number of imidazole rings is 1. The summed E-state index contributed by atoms with van der Waals surface area (Å²) >= 11 is 0. The van der Waals surface area contributed by atoms with E-state index in [9.17, 15) is 9.59 Å². The fourth-order valence-electron chi connectivity index (χ4n) is 4.62. The second-order valence-corrected chi connectivity index (χ2v) is 9.08. The number of aromatic nitrogens is 2. The molecule has 0 spiro atoms. The molecule has 0 bridgehead atoms. The molecule has 0 atom stereocenters. The number of nitrogens with zero attached hydrogens (tertiary/aromatic N) is 2. The first-order chi connectivity index (χ1) is 15.4. The highest BCUT2D eigenvalue weighted by Crippen LogP contribution is 2.25. The maximum Gasteiger partial charge on any atom is 0.255 e. The first-order valence-electron chi connectivity index (χ1n) is 11.6. The monoisotopic (exact) mass is 432 g/mol. The summed E-state index contributed by atoms with van der Waals surface area (Å²) in [5.41, 5.74) is 4.72. The molecule has 1 saturated carbocycles. The SMILES string of the molecule is Cc1cc(C(=O)Nc2ccccc2)cc2nc(C(C)C)c(CC(=O)NC3CCCCC3)n12. The van der Waals surface area contributed by atoms with Crippen LogP contribution in [-0.2, 0) is 11.2 Å². The predicted molar refractivity (Wildman–Crippen MR) is 127 cm³/mol. The molecule has 0 radical (unpaired) electrons. The van der Waals surface area contributed by atoms with E-state index in [2.05, 4.69) is 24.5 Å². The Hall–Kier alpha value is -3.15. The van der Waals surface area contributed by atoms with Gasteiger partial charge in [-0.1, -0.05) is 51.3 Å². The van der Waals surface area contributed by atoms with E-state index in [-0.39, 0.29) is 23.8 Å². The minimum absolute atomic E-state index is 0.0471. The molecule has 6 nitrogen and oxygen atoms in total. The fraction of sp³-hybridized carbons (Fsp3) is 0.423. The van der Waals surface area contributed by atoms with Crippen molar-refractivity contribution in [1.82, 2.24) is 14.7 Å². The molecule has 2 N–H and O–H groups in total. The van der Waals surface area contributed by atoms with Gasteiger partial charge in [0.2, 0.25) is 5.91 Å². The number of anilines is 1. The number of hydrogen-bond acceptors (Lipinski definition) is 3. The Morgan fingerprint density at radius 2 is 1.81 bits per heavy atom. The van der Waals surface area contributed by atoms with Gasteiger partial charge in [0.15, 0.2) is 0 Å². The number of fused-ring (bicyclic) bond motifs is 1. The van der Waals surface area contributed by atoms with E-state index in [1.807, 2.05) is 47.7 Å². The van der Waals surface area contributed by atoms with E-state index in [4.69, 9.17) is 4.98 Å². The Kier molecular flexibility index (Phi) is 6.58. The summed E-state index contributed by atoms with van der Waals surface area (Å²) in [6, 6.07) is 13.4. The number of pyridine rings is 1. The number of rotatable bonds is 6. The Bertz CT molecular complexity index is 1110. The van der Waals surface area contributed by atoms with Gasteiger partial charge < -0.3 is 15.0 Å². The molecule has 6 heteroatoms. The molecule has 1 aliphatic carbocycles. The number of nitrogens with one attached hydrogen (secondary N) is 2. The highest BCUT2D eigenvalue weighted by molar-refractivity contribution is 6.05. The van der Waals surface area contributed by atoms with E-state index >= 15 is 0 Å². The lowest BCUT2D eigenvalue weighted by atomic mass is 9.95. The van der Waals surface area contributed by atoms with Gasteiger partial charge in [0.25, 0.3) is 5.91 Å². The van der Waals surface area contributed by atoms with Gasteiger partial charge in [-0.25, -0.2) is 4.98 Å². The summed E-state index contributed by atoms with van der Waals surface area (Å²) < 4.78 is 2.02. The van der Waals surface area contributed by atoms with E-state index in [0.717, 1.165) is 35.6 Å². The Balaban J connectivity index is 1.61. The van der Waals surface area contributed by atoms with Crippen molar-refractivity contribution < 1.29 is 9.59 Å². The molecule has 1 aromatic carbocycles. The molecular formula is C26H32N4O2. The quantitative estimate of drug-likeness (QED) is 0.575. The van der Waals surface area contributed by atoms with Crippen LogP contribution in [-0.4, -0.2) is 27.2 Å². The molecule has 32 heavy (non-hydrogen) atoms. The van der Waals surface area contributed by atoms with Crippen molar-refractivity contribution in [3.63, 3.8) is 0 Å². The van der Waals surface area contributed by atoms with Crippen molar-refractivity contribution in [3.05, 3.63) is 65.1 Å². The summed E-state index contributed by atoms with van der Waals surface area (Å²) in [7, 11) is 0. The molecule has 0 unspecified atom stereocenters. The van der Waals surface area contributed by atoms with Gasteiger partial charge in [0.1, 0.15) is 5.65 Å². The van der Waals surface area contributed by atoms with Crippen LogP contribution in [0, 0.1) is 6.92 Å². The zero-order valence-corrected chi connectivity index (χ0v) is 19.1. The van der Waals surface area contributed by atoms with Gasteiger partial charge in [0.05, 0.1) is 17.8 Å². The largest absolute Gasteiger partial charge is 0.353 e. The average Bonchev–Trinajstić information content (AvgIpc) is 3.14. The lowest BCUT2D eigenvalue weighted by Gasteiger charge is -2.23. The first-order valence-corrected chi connectivity index (χ1v) is 11.6. The number of benzene rings is 1. The molecule has 2 amide bonds. The van der Waals surface area contributed by atoms with Crippen molar-refractivity contribution in [1.29, 1.82) is 0 Å². The van der Waals surface area contributed by atoms with Crippen LogP contribution in [0.5, 0.6) is 0 Å². The van der Waals surface area contributed by atoms with Crippen molar-refractivity contribution in [3.8, 4) is 0 Å². The third-order valence-corrected chi connectivity index (χ3v) is 6.17. The van der Waals surface area contributed by atoms with Crippen molar-refractivity contribution in [2.75, 3.05) is 5.32 Å². The van der Waals surface area contributed by atoms with Crippen LogP contribution in [0.15, 0.2) is 42.5 Å². The van der Waals surface area contributed by atoms with Gasteiger partial charge in [-0.2, -0.15) is 0 Å². The summed E-state index contributed by atoms with van der Waals surface area (Å²) in [5.74, 6) is 0.0479. The van der Waals surface area contributed by atoms with E-state index in [1.54, 1.807) is 6.07 Å². The molecule has 1 aliphatic rings. The molecule has 0 aliphatic heterocycles. The number of carbonyl (C=O) groups excluding carboxylic acids is 2. The van der Waals surface area contributed by atoms with Gasteiger partial charge in [0, 0.05) is 23.0 Å². The number of carbonyl (C=O) groups is 2. The summed E-state index contributed by atoms with van der Waals surface area (Å²) in [6.45, 7) is 6.13. The molecule has 4 rings (SSSR count). The first kappa shape index (κ1) is 22.1. The van der Waals surface area contributed by atoms with Crippen LogP contribution in [0.25, 0.3) is 5.65 Å². The van der Waals surface area contributed by atoms with E-state index in [0.29, 0.717) is 17.6 Å². The van der Waals surface area contributed by atoms with Crippen molar-refractivity contribution in [2.45, 2.75) is 71.3 Å². The van der Waals surface area contributed by atoms with Crippen molar-refractivity contribution >= 4 is 23.1 Å². The molecule has 1 fully saturated rings. The van der Waals surface area contributed by atoms with Crippen molar-refractivity contribution in [2.24, 2.45) is 0 Å². The lowest BCUT2D eigenvalue weighted by molar-refractivity contribution is -0.121. The highest BCUT2D eigenvalue weighted by Gasteiger charge is 2.22. The third-order valence-electron chi connectivity index (χ3n) is 6.17. The Morgan fingerprint density at radius 3 is 2.50 bits per heavy atom. The minimum Gasteiger partial charge on any atom is -0.353 e. The number of aryl methyl sites for hydroxylation is 1. The number of para-hydroxylation sites is 1. The summed E-state index contributed by atoms with van der Waals surface area (Å²) in [4.78, 5) is 30.5. The molecule has 2 heterocycles. The summed E-state index contributed by atoms with van der Waals surface area (Å²) in [6.07, 6.45) is 6.05. The fourth-order valence-corrected chi connectivity index (χ4v) is 4.62. The molecular weight excluding hydrogens is 400 g/mol. The minimum atomic E-state index is -0.174. The highest BCUT2D eigenvalue weighted by atomic mass is 16.2. The van der Waals surface area contributed by atoms with Gasteiger partial charge in [-0.15, -0.1) is 0 Å². The van der Waals surface area contributed by atoms with Crippen LogP contribution in [0.3, 0.4) is 0 Å². The zero-order valence-electron chi connectivity index (χ0n) is 19.1. The molecule has 168 valence electrons. The maximum atomic E-state index is 12.9. The van der Waals surface area contributed by atoms with Gasteiger partial charge >= 0.3 is 0 Å². The lowest BCUT2D eigenvalue weighted by Crippen LogP contribution is -2.37. The van der Waals surface area contributed by atoms with E-state index in [1.165, 1.54) is 19.3 Å². The summed E-state index contributed by atoms with van der Waals surface area (Å²) in [5, 5.41) is 6.15. The third kappa shape index (κ3) is 4.85. The Morgan fingerprint density at radius 1 is 1.09 bits per heavy atom.